The van der Waals surface area contributed by atoms with E-state index in [2.05, 4.69) is 18.2 Å². The van der Waals surface area contributed by atoms with Gasteiger partial charge < -0.3 is 18.9 Å². The van der Waals surface area contributed by atoms with Crippen molar-refractivity contribution in [2.75, 3.05) is 28.4 Å². The van der Waals surface area contributed by atoms with E-state index < -0.39 is 0 Å². The van der Waals surface area contributed by atoms with E-state index >= 15 is 0 Å². The molecule has 0 N–H and O–H groups in total. The van der Waals surface area contributed by atoms with Gasteiger partial charge in [-0.2, -0.15) is 0 Å². The maximum Gasteiger partial charge on any atom is 0.203 e. The molecule has 0 aliphatic rings. The predicted octanol–water partition coefficient (Wildman–Crippen LogP) is 5.56. The van der Waals surface area contributed by atoms with Crippen molar-refractivity contribution in [2.45, 2.75) is 0 Å². The van der Waals surface area contributed by atoms with Crippen molar-refractivity contribution < 1.29 is 18.9 Å². The molecule has 3 aromatic rings. The van der Waals surface area contributed by atoms with E-state index in [9.17, 15) is 0 Å². The van der Waals surface area contributed by atoms with Crippen LogP contribution in [0, 0.1) is 0 Å². The first-order chi connectivity index (χ1) is 13.7. The Kier molecular flexibility index (Phi) is 6.22. The molecule has 0 bridgehead atoms. The zero-order valence-electron chi connectivity index (χ0n) is 16.6. The lowest BCUT2D eigenvalue weighted by Gasteiger charge is -2.18. The largest absolute Gasteiger partial charge is 0.497 e. The lowest BCUT2D eigenvalue weighted by atomic mass is 9.96. The summed E-state index contributed by atoms with van der Waals surface area (Å²) in [6, 6.07) is 20.0. The fraction of sp³-hybridized carbons (Fsp3) is 0.167. The topological polar surface area (TPSA) is 36.9 Å². The van der Waals surface area contributed by atoms with Gasteiger partial charge in [0, 0.05) is 5.56 Å². The molecular formula is C24H24O4. The van der Waals surface area contributed by atoms with E-state index in [0.29, 0.717) is 17.2 Å². The van der Waals surface area contributed by atoms with Gasteiger partial charge in [-0.3, -0.25) is 0 Å². The van der Waals surface area contributed by atoms with Gasteiger partial charge in [0.15, 0.2) is 11.5 Å². The van der Waals surface area contributed by atoms with E-state index in [1.54, 1.807) is 28.4 Å². The van der Waals surface area contributed by atoms with Gasteiger partial charge in [-0.25, -0.2) is 0 Å². The minimum absolute atomic E-state index is 0.574. The van der Waals surface area contributed by atoms with Crippen LogP contribution >= 0.6 is 0 Å². The number of methoxy groups -OCH3 is 4. The van der Waals surface area contributed by atoms with Crippen LogP contribution in [0.2, 0.25) is 0 Å². The highest BCUT2D eigenvalue weighted by molar-refractivity contribution is 5.88. The second kappa shape index (κ2) is 9.00. The molecule has 144 valence electrons. The van der Waals surface area contributed by atoms with Crippen LogP contribution in [-0.4, -0.2) is 28.4 Å². The van der Waals surface area contributed by atoms with Crippen molar-refractivity contribution in [3.63, 3.8) is 0 Å². The lowest BCUT2D eigenvalue weighted by molar-refractivity contribution is 0.325. The summed E-state index contributed by atoms with van der Waals surface area (Å²) >= 11 is 0. The first-order valence-corrected chi connectivity index (χ1v) is 8.92. The Bertz CT molecular complexity index is 945. The Hall–Kier alpha value is -3.40. The molecule has 3 aromatic carbocycles. The third-order valence-corrected chi connectivity index (χ3v) is 4.49. The molecule has 0 saturated carbocycles. The van der Waals surface area contributed by atoms with Crippen molar-refractivity contribution in [1.29, 1.82) is 0 Å². The van der Waals surface area contributed by atoms with Gasteiger partial charge in [-0.05, 0) is 34.9 Å². The first kappa shape index (κ1) is 19.4. The minimum Gasteiger partial charge on any atom is -0.497 e. The van der Waals surface area contributed by atoms with Crippen molar-refractivity contribution in [1.82, 2.24) is 0 Å². The van der Waals surface area contributed by atoms with Crippen molar-refractivity contribution in [3.8, 4) is 34.1 Å². The molecule has 0 amide bonds. The quantitative estimate of drug-likeness (QED) is 0.506. The zero-order valence-corrected chi connectivity index (χ0v) is 16.6. The standard InChI is InChI=1S/C24H24O4/c1-25-20-14-11-17(12-15-20)10-13-19-16-21(26-2)23(27-3)24(28-4)22(19)18-8-6-5-7-9-18/h5-16H,1-4H3/b13-10+. The normalized spacial score (nSPS) is 10.7. The molecule has 0 heterocycles. The SMILES string of the molecule is COc1ccc(/C=C/c2cc(OC)c(OC)c(OC)c2-c2ccccc2)cc1. The van der Waals surface area contributed by atoms with E-state index in [1.807, 2.05) is 54.6 Å². The Morgan fingerprint density at radius 2 is 1.32 bits per heavy atom. The highest BCUT2D eigenvalue weighted by Crippen LogP contribution is 2.47. The molecule has 0 spiro atoms. The second-order valence-electron chi connectivity index (χ2n) is 6.08. The van der Waals surface area contributed by atoms with Gasteiger partial charge in [0.1, 0.15) is 5.75 Å². The van der Waals surface area contributed by atoms with E-state index in [4.69, 9.17) is 18.9 Å². The summed E-state index contributed by atoms with van der Waals surface area (Å²) in [5.41, 5.74) is 4.02. The summed E-state index contributed by atoms with van der Waals surface area (Å²) in [5, 5.41) is 0. The summed E-state index contributed by atoms with van der Waals surface area (Å²) in [7, 11) is 6.53. The Morgan fingerprint density at radius 1 is 0.643 bits per heavy atom. The number of hydrogen-bond donors (Lipinski definition) is 0. The molecule has 0 aromatic heterocycles. The highest BCUT2D eigenvalue weighted by atomic mass is 16.5. The molecule has 0 radical (unpaired) electrons. The molecule has 0 unspecified atom stereocenters. The maximum absolute atomic E-state index is 5.73. The molecule has 0 saturated heterocycles. The van der Waals surface area contributed by atoms with Gasteiger partial charge >= 0.3 is 0 Å². The van der Waals surface area contributed by atoms with Crippen LogP contribution in [0.15, 0.2) is 60.7 Å². The number of hydrogen-bond acceptors (Lipinski definition) is 4. The fourth-order valence-electron chi connectivity index (χ4n) is 3.11. The lowest BCUT2D eigenvalue weighted by Crippen LogP contribution is -1.99. The van der Waals surface area contributed by atoms with E-state index in [-0.39, 0.29) is 0 Å². The van der Waals surface area contributed by atoms with Crippen LogP contribution in [0.25, 0.3) is 23.3 Å². The van der Waals surface area contributed by atoms with Crippen molar-refractivity contribution >= 4 is 12.2 Å². The number of ether oxygens (including phenoxy) is 4. The van der Waals surface area contributed by atoms with Crippen LogP contribution in [0.3, 0.4) is 0 Å². The van der Waals surface area contributed by atoms with Crippen LogP contribution < -0.4 is 18.9 Å². The Labute approximate surface area is 165 Å². The molecule has 4 nitrogen and oxygen atoms in total. The number of benzene rings is 3. The van der Waals surface area contributed by atoms with Gasteiger partial charge in [-0.1, -0.05) is 54.6 Å². The Balaban J connectivity index is 2.16. The second-order valence-corrected chi connectivity index (χ2v) is 6.08. The van der Waals surface area contributed by atoms with E-state index in [1.165, 1.54) is 0 Å². The average Bonchev–Trinajstić information content (AvgIpc) is 2.77. The van der Waals surface area contributed by atoms with Crippen LogP contribution in [0.1, 0.15) is 11.1 Å². The van der Waals surface area contributed by atoms with Gasteiger partial charge in [0.05, 0.1) is 28.4 Å². The summed E-state index contributed by atoms with van der Waals surface area (Å²) in [4.78, 5) is 0. The van der Waals surface area contributed by atoms with Crippen molar-refractivity contribution in [2.24, 2.45) is 0 Å². The van der Waals surface area contributed by atoms with Crippen LogP contribution in [0.4, 0.5) is 0 Å². The highest BCUT2D eigenvalue weighted by Gasteiger charge is 2.20. The molecule has 0 atom stereocenters. The number of rotatable bonds is 7. The first-order valence-electron chi connectivity index (χ1n) is 8.92. The molecule has 0 fully saturated rings. The smallest absolute Gasteiger partial charge is 0.203 e. The third-order valence-electron chi connectivity index (χ3n) is 4.49. The summed E-state index contributed by atoms with van der Waals surface area (Å²) in [5.74, 6) is 2.66. The summed E-state index contributed by atoms with van der Waals surface area (Å²) in [6.07, 6.45) is 4.10. The molecular weight excluding hydrogens is 352 g/mol. The van der Waals surface area contributed by atoms with Gasteiger partial charge in [-0.15, -0.1) is 0 Å². The van der Waals surface area contributed by atoms with Crippen LogP contribution in [-0.2, 0) is 0 Å². The third kappa shape index (κ3) is 3.96. The zero-order chi connectivity index (χ0) is 19.9. The monoisotopic (exact) mass is 376 g/mol. The molecule has 0 aliphatic carbocycles. The summed E-state index contributed by atoms with van der Waals surface area (Å²) in [6.45, 7) is 0. The molecule has 28 heavy (non-hydrogen) atoms. The molecule has 0 aliphatic heterocycles. The van der Waals surface area contributed by atoms with E-state index in [0.717, 1.165) is 28.0 Å². The van der Waals surface area contributed by atoms with Gasteiger partial charge in [0.2, 0.25) is 5.75 Å². The Morgan fingerprint density at radius 3 is 1.89 bits per heavy atom. The molecule has 3 rings (SSSR count). The predicted molar refractivity (Wildman–Crippen MR) is 113 cm³/mol. The minimum atomic E-state index is 0.574. The van der Waals surface area contributed by atoms with Crippen molar-refractivity contribution in [3.05, 3.63) is 71.8 Å². The van der Waals surface area contributed by atoms with Crippen LogP contribution in [0.5, 0.6) is 23.0 Å². The fourth-order valence-corrected chi connectivity index (χ4v) is 3.11. The summed E-state index contributed by atoms with van der Waals surface area (Å²) < 4.78 is 22.1. The maximum atomic E-state index is 5.73. The van der Waals surface area contributed by atoms with Gasteiger partial charge in [0.25, 0.3) is 0 Å². The molecule has 4 heteroatoms. The average molecular weight is 376 g/mol.